The molecule has 1 aromatic rings. The average molecular weight is 303 g/mol. The summed E-state index contributed by atoms with van der Waals surface area (Å²) >= 11 is 0. The van der Waals surface area contributed by atoms with Gasteiger partial charge in [0, 0.05) is 38.1 Å². The van der Waals surface area contributed by atoms with E-state index in [9.17, 15) is 4.79 Å². The number of ether oxygens (including phenoxy) is 1. The number of likely N-dealkylation sites (N-methyl/N-ethyl adjacent to an activating group) is 1. The molecule has 0 N–H and O–H groups in total. The number of rotatable bonds is 5. The number of carbonyl (C=O) groups excluding carboxylic acids is 1. The largest absolute Gasteiger partial charge is 0.466 e. The monoisotopic (exact) mass is 303 g/mol. The van der Waals surface area contributed by atoms with Gasteiger partial charge in [-0.1, -0.05) is 0 Å². The summed E-state index contributed by atoms with van der Waals surface area (Å²) < 4.78 is 4.88. The molecule has 5 nitrogen and oxygen atoms in total. The minimum Gasteiger partial charge on any atom is -0.466 e. The molecule has 2 rings (SSSR count). The molecule has 1 heterocycles. The molecule has 0 spiro atoms. The Morgan fingerprint density at radius 2 is 2.05 bits per heavy atom. The Morgan fingerprint density at radius 1 is 1.32 bits per heavy atom. The second kappa shape index (κ2) is 7.94. The predicted octanol–water partition coefficient (Wildman–Crippen LogP) is 2.40. The van der Waals surface area contributed by atoms with Crippen LogP contribution >= 0.6 is 0 Å². The van der Waals surface area contributed by atoms with Gasteiger partial charge in [0.2, 0.25) is 0 Å². The van der Waals surface area contributed by atoms with Crippen molar-refractivity contribution in [1.29, 1.82) is 0 Å². The first-order valence-electron chi connectivity index (χ1n) is 7.82. The van der Waals surface area contributed by atoms with Gasteiger partial charge < -0.3 is 14.5 Å². The van der Waals surface area contributed by atoms with Gasteiger partial charge in [0.15, 0.2) is 0 Å². The van der Waals surface area contributed by atoms with Gasteiger partial charge in [-0.3, -0.25) is 9.79 Å². The number of hydrogen-bond acceptors (Lipinski definition) is 5. The zero-order valence-corrected chi connectivity index (χ0v) is 13.7. The maximum absolute atomic E-state index is 11.3. The highest BCUT2D eigenvalue weighted by Crippen LogP contribution is 2.25. The van der Waals surface area contributed by atoms with Gasteiger partial charge in [-0.05, 0) is 44.7 Å². The molecule has 0 radical (unpaired) electrons. The number of hydrogen-bond donors (Lipinski definition) is 0. The van der Waals surface area contributed by atoms with Crippen molar-refractivity contribution in [1.82, 2.24) is 4.90 Å². The van der Waals surface area contributed by atoms with Crippen molar-refractivity contribution >= 4 is 23.6 Å². The Balaban J connectivity index is 1.97. The molecule has 1 aromatic carbocycles. The lowest BCUT2D eigenvalue weighted by molar-refractivity contribution is -0.141. The highest BCUT2D eigenvalue weighted by molar-refractivity contribution is 5.87. The van der Waals surface area contributed by atoms with Gasteiger partial charge in [-0.15, -0.1) is 0 Å². The Bertz CT molecular complexity index is 535. The van der Waals surface area contributed by atoms with Crippen LogP contribution in [-0.4, -0.2) is 56.9 Å². The van der Waals surface area contributed by atoms with Gasteiger partial charge in [-0.2, -0.15) is 0 Å². The van der Waals surface area contributed by atoms with E-state index in [-0.39, 0.29) is 12.4 Å². The third-order valence-electron chi connectivity index (χ3n) is 3.84. The van der Waals surface area contributed by atoms with Crippen LogP contribution in [0.15, 0.2) is 23.2 Å². The molecule has 1 saturated heterocycles. The molecule has 0 saturated carbocycles. The summed E-state index contributed by atoms with van der Waals surface area (Å²) in [4.78, 5) is 20.4. The highest BCUT2D eigenvalue weighted by atomic mass is 16.5. The number of carbonyl (C=O) groups is 1. The zero-order chi connectivity index (χ0) is 15.9. The summed E-state index contributed by atoms with van der Waals surface area (Å²) in [5.74, 6) is -0.238. The van der Waals surface area contributed by atoms with E-state index in [1.54, 1.807) is 13.1 Å². The number of esters is 1. The number of aryl methyl sites for hydroxylation is 1. The standard InChI is InChI=1S/C17H25N3O2/c1-4-22-17(21)7-8-18-16-6-5-15(13-14(16)2)20-11-9-19(3)10-12-20/h5-6,8,13H,4,7,9-12H2,1-3H3/b18-8+. The maximum Gasteiger partial charge on any atom is 0.311 e. The lowest BCUT2D eigenvalue weighted by atomic mass is 10.1. The van der Waals surface area contributed by atoms with Crippen LogP contribution in [0.1, 0.15) is 18.9 Å². The zero-order valence-electron chi connectivity index (χ0n) is 13.7. The average Bonchev–Trinajstić information content (AvgIpc) is 2.50. The van der Waals surface area contributed by atoms with E-state index < -0.39 is 0 Å². The maximum atomic E-state index is 11.3. The number of nitrogens with zero attached hydrogens (tertiary/aromatic N) is 3. The minimum atomic E-state index is -0.238. The Kier molecular flexibility index (Phi) is 5.95. The van der Waals surface area contributed by atoms with Crippen molar-refractivity contribution in [2.45, 2.75) is 20.3 Å². The molecule has 0 aromatic heterocycles. The van der Waals surface area contributed by atoms with Crippen LogP contribution in [0.2, 0.25) is 0 Å². The number of anilines is 1. The van der Waals surface area contributed by atoms with E-state index in [0.29, 0.717) is 6.61 Å². The molecular weight excluding hydrogens is 278 g/mol. The third-order valence-corrected chi connectivity index (χ3v) is 3.84. The number of aliphatic imine (C=N–C) groups is 1. The van der Waals surface area contributed by atoms with Crippen LogP contribution in [0.25, 0.3) is 0 Å². The van der Waals surface area contributed by atoms with Crippen molar-refractivity contribution in [3.8, 4) is 0 Å². The quantitative estimate of drug-likeness (QED) is 0.619. The SMILES string of the molecule is CCOC(=O)C/C=N/c1ccc(N2CCN(C)CC2)cc1C. The van der Waals surface area contributed by atoms with Crippen LogP contribution in [0, 0.1) is 6.92 Å². The van der Waals surface area contributed by atoms with E-state index in [4.69, 9.17) is 4.74 Å². The smallest absolute Gasteiger partial charge is 0.311 e. The Labute approximate surface area is 132 Å². The fourth-order valence-corrected chi connectivity index (χ4v) is 2.48. The van der Waals surface area contributed by atoms with Crippen molar-refractivity contribution < 1.29 is 9.53 Å². The van der Waals surface area contributed by atoms with Crippen LogP contribution in [0.4, 0.5) is 11.4 Å². The summed E-state index contributed by atoms with van der Waals surface area (Å²) in [7, 11) is 2.16. The van der Waals surface area contributed by atoms with Crippen LogP contribution < -0.4 is 4.90 Å². The van der Waals surface area contributed by atoms with Gasteiger partial charge in [0.1, 0.15) is 0 Å². The van der Waals surface area contributed by atoms with Gasteiger partial charge in [-0.25, -0.2) is 0 Å². The third kappa shape index (κ3) is 4.56. The Hall–Kier alpha value is -1.88. The molecule has 120 valence electrons. The first-order valence-corrected chi connectivity index (χ1v) is 7.82. The minimum absolute atomic E-state index is 0.216. The molecule has 0 amide bonds. The van der Waals surface area contributed by atoms with Crippen molar-refractivity contribution in [3.05, 3.63) is 23.8 Å². The lowest BCUT2D eigenvalue weighted by Crippen LogP contribution is -2.44. The van der Waals surface area contributed by atoms with E-state index in [1.165, 1.54) is 5.69 Å². The molecule has 1 aliphatic heterocycles. The molecular formula is C17H25N3O2. The second-order valence-electron chi connectivity index (χ2n) is 5.58. The van der Waals surface area contributed by atoms with Crippen LogP contribution in [0.5, 0.6) is 0 Å². The first kappa shape index (κ1) is 16.5. The van der Waals surface area contributed by atoms with E-state index in [0.717, 1.165) is 37.4 Å². The fourth-order valence-electron chi connectivity index (χ4n) is 2.48. The number of piperazine rings is 1. The van der Waals surface area contributed by atoms with E-state index in [1.807, 2.05) is 6.07 Å². The predicted molar refractivity (Wildman–Crippen MR) is 90.3 cm³/mol. The highest BCUT2D eigenvalue weighted by Gasteiger charge is 2.14. The molecule has 5 heteroatoms. The summed E-state index contributed by atoms with van der Waals surface area (Å²) in [6.07, 6.45) is 1.84. The molecule has 1 fully saturated rings. The molecule has 1 aliphatic rings. The number of benzene rings is 1. The molecule has 22 heavy (non-hydrogen) atoms. The van der Waals surface area contributed by atoms with Crippen LogP contribution in [0.3, 0.4) is 0 Å². The summed E-state index contributed by atoms with van der Waals surface area (Å²) in [6, 6.07) is 6.29. The topological polar surface area (TPSA) is 45.1 Å². The normalized spacial score (nSPS) is 16.2. The van der Waals surface area contributed by atoms with Gasteiger partial charge >= 0.3 is 5.97 Å². The van der Waals surface area contributed by atoms with Crippen molar-refractivity contribution in [3.63, 3.8) is 0 Å². The lowest BCUT2D eigenvalue weighted by Gasteiger charge is -2.34. The van der Waals surface area contributed by atoms with Gasteiger partial charge in [0.05, 0.1) is 18.7 Å². The molecule has 0 atom stereocenters. The van der Waals surface area contributed by atoms with E-state index >= 15 is 0 Å². The second-order valence-corrected chi connectivity index (χ2v) is 5.58. The van der Waals surface area contributed by atoms with Crippen LogP contribution in [-0.2, 0) is 9.53 Å². The summed E-state index contributed by atoms with van der Waals surface area (Å²) in [6.45, 7) is 8.57. The fraction of sp³-hybridized carbons (Fsp3) is 0.529. The van der Waals surface area contributed by atoms with Crippen molar-refractivity contribution in [2.75, 3.05) is 44.7 Å². The summed E-state index contributed by atoms with van der Waals surface area (Å²) in [5, 5.41) is 0. The Morgan fingerprint density at radius 3 is 2.68 bits per heavy atom. The first-order chi connectivity index (χ1) is 10.6. The van der Waals surface area contributed by atoms with Gasteiger partial charge in [0.25, 0.3) is 0 Å². The summed E-state index contributed by atoms with van der Waals surface area (Å²) in [5.41, 5.74) is 3.27. The molecule has 0 aliphatic carbocycles. The molecule has 0 unspecified atom stereocenters. The van der Waals surface area contributed by atoms with E-state index in [2.05, 4.69) is 40.9 Å². The molecule has 0 bridgehead atoms. The van der Waals surface area contributed by atoms with Crippen molar-refractivity contribution in [2.24, 2.45) is 4.99 Å².